The van der Waals surface area contributed by atoms with Gasteiger partial charge in [-0.2, -0.15) is 0 Å². The molecule has 17 heavy (non-hydrogen) atoms. The lowest BCUT2D eigenvalue weighted by molar-refractivity contribution is 0.599. The molecule has 0 saturated heterocycles. The highest BCUT2D eigenvalue weighted by atomic mass is 127. The molecule has 0 amide bonds. The summed E-state index contributed by atoms with van der Waals surface area (Å²) in [5.74, 6) is 0.786. The summed E-state index contributed by atoms with van der Waals surface area (Å²) in [5, 5.41) is 6.22. The molecule has 0 aliphatic heterocycles. The Morgan fingerprint density at radius 3 is 2.47 bits per heavy atom. The third-order valence-electron chi connectivity index (χ3n) is 2.34. The summed E-state index contributed by atoms with van der Waals surface area (Å²) in [7, 11) is -1.23. The van der Waals surface area contributed by atoms with E-state index >= 15 is 0 Å². The standard InChI is InChI=1S/C10H19N3O2S.HI/c1-11-10(12-7-8-16(2,14)15)13-9-5-3-4-6-9;/h3-4,9H,5-8H2,1-2H3,(H2,11,12,13);1H. The number of guanidine groups is 1. The molecule has 0 aromatic rings. The van der Waals surface area contributed by atoms with Crippen LogP contribution in [-0.4, -0.2) is 46.0 Å². The van der Waals surface area contributed by atoms with Crippen molar-refractivity contribution in [3.8, 4) is 0 Å². The van der Waals surface area contributed by atoms with E-state index in [1.807, 2.05) is 0 Å². The molecule has 0 heterocycles. The van der Waals surface area contributed by atoms with Crippen LogP contribution in [0.1, 0.15) is 12.8 Å². The highest BCUT2D eigenvalue weighted by Gasteiger charge is 2.11. The predicted molar refractivity (Wildman–Crippen MR) is 81.8 cm³/mol. The number of rotatable bonds is 4. The molecule has 0 bridgehead atoms. The van der Waals surface area contributed by atoms with Gasteiger partial charge in [0.15, 0.2) is 5.96 Å². The molecule has 1 aliphatic carbocycles. The number of aliphatic imine (C=N–C) groups is 1. The van der Waals surface area contributed by atoms with E-state index in [0.717, 1.165) is 12.8 Å². The van der Waals surface area contributed by atoms with Crippen molar-refractivity contribution < 1.29 is 8.42 Å². The van der Waals surface area contributed by atoms with Crippen molar-refractivity contribution in [1.29, 1.82) is 0 Å². The summed E-state index contributed by atoms with van der Waals surface area (Å²) >= 11 is 0. The van der Waals surface area contributed by atoms with Crippen LogP contribution in [0.2, 0.25) is 0 Å². The first kappa shape index (κ1) is 16.7. The third-order valence-corrected chi connectivity index (χ3v) is 3.28. The van der Waals surface area contributed by atoms with Gasteiger partial charge in [0.25, 0.3) is 0 Å². The molecular weight excluding hydrogens is 353 g/mol. The Labute approximate surface area is 120 Å². The second-order valence-electron chi connectivity index (χ2n) is 3.91. The van der Waals surface area contributed by atoms with E-state index in [2.05, 4.69) is 27.8 Å². The second-order valence-corrected chi connectivity index (χ2v) is 6.17. The van der Waals surface area contributed by atoms with Crippen molar-refractivity contribution in [2.45, 2.75) is 18.9 Å². The van der Waals surface area contributed by atoms with Gasteiger partial charge in [-0.25, -0.2) is 8.42 Å². The lowest BCUT2D eigenvalue weighted by Crippen LogP contribution is -2.43. The molecule has 0 aromatic carbocycles. The molecule has 100 valence electrons. The molecule has 2 N–H and O–H groups in total. The first-order valence-electron chi connectivity index (χ1n) is 5.31. The van der Waals surface area contributed by atoms with E-state index in [1.54, 1.807) is 7.05 Å². The average molecular weight is 373 g/mol. The van der Waals surface area contributed by atoms with Crippen LogP contribution in [0.5, 0.6) is 0 Å². The van der Waals surface area contributed by atoms with E-state index in [9.17, 15) is 8.42 Å². The molecule has 0 atom stereocenters. The lowest BCUT2D eigenvalue weighted by Gasteiger charge is -2.16. The second kappa shape index (κ2) is 7.91. The van der Waals surface area contributed by atoms with E-state index in [4.69, 9.17) is 0 Å². The molecule has 1 aliphatic rings. The molecule has 0 spiro atoms. The molecule has 0 fully saturated rings. The fourth-order valence-electron chi connectivity index (χ4n) is 1.48. The van der Waals surface area contributed by atoms with Gasteiger partial charge in [0.1, 0.15) is 9.84 Å². The molecular formula is C10H20IN3O2S. The summed E-state index contributed by atoms with van der Waals surface area (Å²) in [6.07, 6.45) is 7.47. The molecule has 0 aromatic heterocycles. The number of hydrogen-bond acceptors (Lipinski definition) is 3. The van der Waals surface area contributed by atoms with Crippen molar-refractivity contribution in [3.05, 3.63) is 12.2 Å². The maximum absolute atomic E-state index is 10.9. The summed E-state index contributed by atoms with van der Waals surface area (Å²) in [4.78, 5) is 4.04. The van der Waals surface area contributed by atoms with Crippen molar-refractivity contribution in [3.63, 3.8) is 0 Å². The Morgan fingerprint density at radius 2 is 2.00 bits per heavy atom. The van der Waals surface area contributed by atoms with Crippen LogP contribution < -0.4 is 10.6 Å². The van der Waals surface area contributed by atoms with Gasteiger partial charge in [-0.3, -0.25) is 4.99 Å². The highest BCUT2D eigenvalue weighted by Crippen LogP contribution is 2.08. The zero-order chi connectivity index (χ0) is 12.0. The minimum atomic E-state index is -2.91. The molecule has 0 saturated carbocycles. The van der Waals surface area contributed by atoms with Gasteiger partial charge in [0.2, 0.25) is 0 Å². The first-order chi connectivity index (χ1) is 7.51. The SMILES string of the molecule is CN=C(NCCS(C)(=O)=O)NC1CC=CC1.I. The van der Waals surface area contributed by atoms with E-state index in [0.29, 0.717) is 18.5 Å². The fraction of sp³-hybridized carbons (Fsp3) is 0.700. The zero-order valence-corrected chi connectivity index (χ0v) is 13.3. The maximum atomic E-state index is 10.9. The van der Waals surface area contributed by atoms with Gasteiger partial charge >= 0.3 is 0 Å². The van der Waals surface area contributed by atoms with Crippen molar-refractivity contribution in [1.82, 2.24) is 10.6 Å². The number of hydrogen-bond donors (Lipinski definition) is 2. The monoisotopic (exact) mass is 373 g/mol. The predicted octanol–water partition coefficient (Wildman–Crippen LogP) is 0.533. The fourth-order valence-corrected chi connectivity index (χ4v) is 1.95. The molecule has 0 radical (unpaired) electrons. The lowest BCUT2D eigenvalue weighted by atomic mass is 10.2. The maximum Gasteiger partial charge on any atom is 0.191 e. The Morgan fingerprint density at radius 1 is 1.41 bits per heavy atom. The van der Waals surface area contributed by atoms with E-state index < -0.39 is 9.84 Å². The van der Waals surface area contributed by atoms with Gasteiger partial charge < -0.3 is 10.6 Å². The number of nitrogens with zero attached hydrogens (tertiary/aromatic N) is 1. The molecule has 1 rings (SSSR count). The van der Waals surface area contributed by atoms with Crippen molar-refractivity contribution in [2.24, 2.45) is 4.99 Å². The highest BCUT2D eigenvalue weighted by molar-refractivity contribution is 14.0. The Balaban J connectivity index is 0.00000256. The Kier molecular flexibility index (Phi) is 7.77. The van der Waals surface area contributed by atoms with Gasteiger partial charge in [0, 0.05) is 25.9 Å². The summed E-state index contributed by atoms with van der Waals surface area (Å²) in [6, 6.07) is 0.379. The topological polar surface area (TPSA) is 70.6 Å². The summed E-state index contributed by atoms with van der Waals surface area (Å²) in [6.45, 7) is 0.388. The normalized spacial score (nSPS) is 16.7. The smallest absolute Gasteiger partial charge is 0.191 e. The van der Waals surface area contributed by atoms with Gasteiger partial charge in [-0.15, -0.1) is 24.0 Å². The van der Waals surface area contributed by atoms with Gasteiger partial charge in [-0.1, -0.05) is 12.2 Å². The van der Waals surface area contributed by atoms with Crippen LogP contribution in [0.4, 0.5) is 0 Å². The Hall–Kier alpha value is -0.310. The van der Waals surface area contributed by atoms with E-state index in [1.165, 1.54) is 6.26 Å². The average Bonchev–Trinajstić information content (AvgIpc) is 2.67. The van der Waals surface area contributed by atoms with Crippen LogP contribution in [-0.2, 0) is 9.84 Å². The van der Waals surface area contributed by atoms with Gasteiger partial charge in [-0.05, 0) is 12.8 Å². The minimum absolute atomic E-state index is 0. The first-order valence-corrected chi connectivity index (χ1v) is 7.37. The number of halogens is 1. The van der Waals surface area contributed by atoms with Crippen LogP contribution in [0.25, 0.3) is 0 Å². The zero-order valence-electron chi connectivity index (χ0n) is 10.1. The van der Waals surface area contributed by atoms with Crippen LogP contribution >= 0.6 is 24.0 Å². The molecule has 5 nitrogen and oxygen atoms in total. The number of nitrogens with one attached hydrogen (secondary N) is 2. The molecule has 0 unspecified atom stereocenters. The quantitative estimate of drug-likeness (QED) is 0.327. The Bertz CT molecular complexity index is 371. The van der Waals surface area contributed by atoms with Crippen LogP contribution in [0.15, 0.2) is 17.1 Å². The van der Waals surface area contributed by atoms with Crippen molar-refractivity contribution in [2.75, 3.05) is 25.6 Å². The number of sulfone groups is 1. The largest absolute Gasteiger partial charge is 0.355 e. The van der Waals surface area contributed by atoms with E-state index in [-0.39, 0.29) is 29.7 Å². The summed E-state index contributed by atoms with van der Waals surface area (Å²) < 4.78 is 21.9. The van der Waals surface area contributed by atoms with Crippen LogP contribution in [0, 0.1) is 0 Å². The van der Waals surface area contributed by atoms with Crippen LogP contribution in [0.3, 0.4) is 0 Å². The minimum Gasteiger partial charge on any atom is -0.355 e. The summed E-state index contributed by atoms with van der Waals surface area (Å²) in [5.41, 5.74) is 0. The molecule has 7 heteroatoms. The third kappa shape index (κ3) is 7.58. The van der Waals surface area contributed by atoms with Crippen molar-refractivity contribution >= 4 is 39.8 Å². The van der Waals surface area contributed by atoms with Gasteiger partial charge in [0.05, 0.1) is 5.75 Å².